The fourth-order valence-corrected chi connectivity index (χ4v) is 4.08. The van der Waals surface area contributed by atoms with Crippen molar-refractivity contribution < 1.29 is 13.6 Å². The summed E-state index contributed by atoms with van der Waals surface area (Å²) in [6.45, 7) is 8.55. The second-order valence-corrected chi connectivity index (χ2v) is 7.90. The van der Waals surface area contributed by atoms with Crippen molar-refractivity contribution in [2.24, 2.45) is 0 Å². The summed E-state index contributed by atoms with van der Waals surface area (Å²) in [4.78, 5) is 15.2. The van der Waals surface area contributed by atoms with Crippen LogP contribution < -0.4 is 5.32 Å². The molecular formula is C22H30F2N4O. The van der Waals surface area contributed by atoms with Gasteiger partial charge in [-0.25, -0.2) is 13.5 Å². The maximum atomic E-state index is 14.1. The molecule has 1 N–H and O–H groups in total. The van der Waals surface area contributed by atoms with Gasteiger partial charge in [-0.05, 0) is 71.7 Å². The van der Waals surface area contributed by atoms with Crippen LogP contribution in [0.3, 0.4) is 0 Å². The van der Waals surface area contributed by atoms with Gasteiger partial charge in [0.05, 0.1) is 17.0 Å². The van der Waals surface area contributed by atoms with E-state index >= 15 is 0 Å². The third-order valence-corrected chi connectivity index (χ3v) is 5.75. The number of hydrogen-bond acceptors (Lipinski definition) is 3. The second kappa shape index (κ2) is 9.48. The summed E-state index contributed by atoms with van der Waals surface area (Å²) in [6, 6.07) is 3.97. The van der Waals surface area contributed by atoms with E-state index in [1.807, 2.05) is 0 Å². The number of benzene rings is 1. The summed E-state index contributed by atoms with van der Waals surface area (Å²) in [5.74, 6) is -1.57. The molecule has 2 aromatic rings. The number of hydrogen-bond donors (Lipinski definition) is 1. The molecule has 0 spiro atoms. The Labute approximate surface area is 171 Å². The molecule has 0 saturated carbocycles. The number of unbranched alkanes of at least 4 members (excludes halogenated alkanes) is 1. The van der Waals surface area contributed by atoms with Crippen molar-refractivity contribution in [2.75, 3.05) is 19.6 Å². The summed E-state index contributed by atoms with van der Waals surface area (Å²) < 4.78 is 28.7. The molecule has 29 heavy (non-hydrogen) atoms. The van der Waals surface area contributed by atoms with Gasteiger partial charge in [-0.1, -0.05) is 6.42 Å². The predicted octanol–water partition coefficient (Wildman–Crippen LogP) is 4.15. The van der Waals surface area contributed by atoms with Crippen molar-refractivity contribution in [3.05, 3.63) is 46.8 Å². The van der Waals surface area contributed by atoms with Gasteiger partial charge >= 0.3 is 0 Å². The van der Waals surface area contributed by atoms with Gasteiger partial charge < -0.3 is 10.2 Å². The molecule has 0 aliphatic carbocycles. The molecule has 2 heterocycles. The molecule has 1 saturated heterocycles. The zero-order valence-corrected chi connectivity index (χ0v) is 17.5. The minimum absolute atomic E-state index is 0.127. The molecule has 7 heteroatoms. The minimum Gasteiger partial charge on any atom is -0.352 e. The number of aryl methyl sites for hydroxylation is 1. The lowest BCUT2D eigenvalue weighted by Crippen LogP contribution is -2.38. The highest BCUT2D eigenvalue weighted by molar-refractivity contribution is 5.96. The van der Waals surface area contributed by atoms with Crippen LogP contribution in [0.5, 0.6) is 0 Å². The zero-order valence-electron chi connectivity index (χ0n) is 17.5. The van der Waals surface area contributed by atoms with Crippen molar-refractivity contribution in [1.82, 2.24) is 20.0 Å². The molecule has 0 radical (unpaired) electrons. The van der Waals surface area contributed by atoms with Gasteiger partial charge in [0.25, 0.3) is 5.91 Å². The molecular weight excluding hydrogens is 374 g/mol. The first-order chi connectivity index (χ1) is 13.9. The van der Waals surface area contributed by atoms with Gasteiger partial charge in [-0.3, -0.25) is 4.79 Å². The van der Waals surface area contributed by atoms with Crippen molar-refractivity contribution >= 4 is 5.91 Å². The summed E-state index contributed by atoms with van der Waals surface area (Å²) >= 11 is 0. The zero-order chi connectivity index (χ0) is 21.0. The first-order valence-corrected chi connectivity index (χ1v) is 10.4. The lowest BCUT2D eigenvalue weighted by molar-refractivity contribution is 0.0950. The number of piperidine rings is 1. The van der Waals surface area contributed by atoms with E-state index in [9.17, 15) is 13.6 Å². The fourth-order valence-electron chi connectivity index (χ4n) is 4.08. The first-order valence-electron chi connectivity index (χ1n) is 10.4. The maximum absolute atomic E-state index is 14.1. The third kappa shape index (κ3) is 5.01. The van der Waals surface area contributed by atoms with Crippen LogP contribution >= 0.6 is 0 Å². The average molecular weight is 405 g/mol. The molecule has 5 nitrogen and oxygen atoms in total. The van der Waals surface area contributed by atoms with Gasteiger partial charge in [-0.15, -0.1) is 0 Å². The number of halogens is 2. The van der Waals surface area contributed by atoms with Crippen LogP contribution in [0.15, 0.2) is 18.2 Å². The van der Waals surface area contributed by atoms with Gasteiger partial charge in [0, 0.05) is 18.7 Å². The van der Waals surface area contributed by atoms with Crippen LogP contribution in [0.4, 0.5) is 8.78 Å². The van der Waals surface area contributed by atoms with E-state index in [1.54, 1.807) is 13.8 Å². The molecule has 1 atom stereocenters. The van der Waals surface area contributed by atoms with E-state index in [4.69, 9.17) is 0 Å². The standard InChI is InChI=1S/C22H30F2N4O/c1-15-8-4-6-12-27(15)13-7-5-11-25-22(29)21-16(2)26-28(17(21)3)20-10-9-18(23)14-19(20)24/h9-10,14-15H,4-8,11-13H2,1-3H3,(H,25,29). The van der Waals surface area contributed by atoms with E-state index in [2.05, 4.69) is 22.2 Å². The molecule has 1 fully saturated rings. The lowest BCUT2D eigenvalue weighted by Gasteiger charge is -2.33. The van der Waals surface area contributed by atoms with E-state index in [0.29, 0.717) is 29.5 Å². The van der Waals surface area contributed by atoms with Crippen LogP contribution in [0.1, 0.15) is 60.8 Å². The van der Waals surface area contributed by atoms with Gasteiger partial charge in [0.2, 0.25) is 0 Å². The number of likely N-dealkylation sites (tertiary alicyclic amines) is 1. The van der Waals surface area contributed by atoms with Gasteiger partial charge in [0.15, 0.2) is 5.82 Å². The summed E-state index contributed by atoms with van der Waals surface area (Å²) in [5, 5.41) is 7.25. The highest BCUT2D eigenvalue weighted by Gasteiger charge is 2.21. The van der Waals surface area contributed by atoms with Crippen LogP contribution in [0.2, 0.25) is 0 Å². The number of amides is 1. The Hall–Kier alpha value is -2.28. The quantitative estimate of drug-likeness (QED) is 0.706. The Bertz CT molecular complexity index is 865. The molecule has 1 aliphatic rings. The topological polar surface area (TPSA) is 50.2 Å². The third-order valence-electron chi connectivity index (χ3n) is 5.75. The van der Waals surface area contributed by atoms with Crippen LogP contribution in [0.25, 0.3) is 5.69 Å². The highest BCUT2D eigenvalue weighted by Crippen LogP contribution is 2.21. The normalized spacial score (nSPS) is 17.5. The van der Waals surface area contributed by atoms with E-state index in [0.717, 1.165) is 25.5 Å². The number of aromatic nitrogens is 2. The lowest BCUT2D eigenvalue weighted by atomic mass is 10.0. The van der Waals surface area contributed by atoms with E-state index in [-0.39, 0.29) is 11.6 Å². The smallest absolute Gasteiger partial charge is 0.255 e. The first kappa shape index (κ1) is 21.4. The molecule has 1 aliphatic heterocycles. The Morgan fingerprint density at radius 1 is 1.24 bits per heavy atom. The molecule has 158 valence electrons. The van der Waals surface area contributed by atoms with Crippen molar-refractivity contribution in [3.63, 3.8) is 0 Å². The monoisotopic (exact) mass is 404 g/mol. The minimum atomic E-state index is -0.713. The van der Waals surface area contributed by atoms with Crippen molar-refractivity contribution in [2.45, 2.75) is 58.9 Å². The molecule has 1 aromatic carbocycles. The van der Waals surface area contributed by atoms with Crippen molar-refractivity contribution in [1.29, 1.82) is 0 Å². The number of rotatable bonds is 7. The number of nitrogens with zero attached hydrogens (tertiary/aromatic N) is 3. The van der Waals surface area contributed by atoms with Gasteiger partial charge in [-0.2, -0.15) is 5.10 Å². The predicted molar refractivity (Wildman–Crippen MR) is 109 cm³/mol. The number of carbonyl (C=O) groups is 1. The van der Waals surface area contributed by atoms with Crippen LogP contribution in [0, 0.1) is 25.5 Å². The summed E-state index contributed by atoms with van der Waals surface area (Å²) in [5.41, 5.74) is 1.62. The van der Waals surface area contributed by atoms with E-state index in [1.165, 1.54) is 42.6 Å². The molecule has 1 aromatic heterocycles. The fraction of sp³-hybridized carbons (Fsp3) is 0.545. The molecule has 1 amide bonds. The second-order valence-electron chi connectivity index (χ2n) is 7.90. The van der Waals surface area contributed by atoms with Crippen LogP contribution in [-0.2, 0) is 0 Å². The Kier molecular flexibility index (Phi) is 7.00. The Morgan fingerprint density at radius 3 is 2.76 bits per heavy atom. The molecule has 3 rings (SSSR count). The van der Waals surface area contributed by atoms with E-state index < -0.39 is 11.6 Å². The molecule has 0 bridgehead atoms. The van der Waals surface area contributed by atoms with Crippen molar-refractivity contribution in [3.8, 4) is 5.69 Å². The summed E-state index contributed by atoms with van der Waals surface area (Å²) in [6.07, 6.45) is 5.82. The average Bonchev–Trinajstić information content (AvgIpc) is 2.97. The maximum Gasteiger partial charge on any atom is 0.255 e. The number of carbonyl (C=O) groups excluding carboxylic acids is 1. The largest absolute Gasteiger partial charge is 0.352 e. The Morgan fingerprint density at radius 2 is 2.03 bits per heavy atom. The SMILES string of the molecule is Cc1nn(-c2ccc(F)cc2F)c(C)c1C(=O)NCCCCN1CCCCC1C. The van der Waals surface area contributed by atoms with Crippen LogP contribution in [-0.4, -0.2) is 46.3 Å². The van der Waals surface area contributed by atoms with Gasteiger partial charge in [0.1, 0.15) is 11.5 Å². The Balaban J connectivity index is 1.56. The summed E-state index contributed by atoms with van der Waals surface area (Å²) in [7, 11) is 0. The number of nitrogens with one attached hydrogen (secondary N) is 1. The highest BCUT2D eigenvalue weighted by atomic mass is 19.1. The molecule has 1 unspecified atom stereocenters.